The molecular formula is C18H23N3. The first kappa shape index (κ1) is 14.1. The Morgan fingerprint density at radius 3 is 2.48 bits per heavy atom. The molecule has 1 aliphatic carbocycles. The van der Waals surface area contributed by atoms with Crippen molar-refractivity contribution in [3.63, 3.8) is 0 Å². The van der Waals surface area contributed by atoms with Gasteiger partial charge in [0.25, 0.3) is 0 Å². The Morgan fingerprint density at radius 2 is 1.86 bits per heavy atom. The lowest BCUT2D eigenvalue weighted by Crippen LogP contribution is -2.05. The first-order valence-corrected chi connectivity index (χ1v) is 8.02. The normalized spacial score (nSPS) is 14.2. The van der Waals surface area contributed by atoms with E-state index in [4.69, 9.17) is 4.98 Å². The Labute approximate surface area is 126 Å². The Kier molecular flexibility index (Phi) is 4.18. The number of hydrogen-bond acceptors (Lipinski definition) is 3. The summed E-state index contributed by atoms with van der Waals surface area (Å²) in [5.74, 6) is 2.45. The summed E-state index contributed by atoms with van der Waals surface area (Å²) in [5.41, 5.74) is 3.65. The Bertz CT molecular complexity index is 600. The maximum Gasteiger partial charge on any atom is 0.161 e. The Morgan fingerprint density at radius 1 is 1.10 bits per heavy atom. The summed E-state index contributed by atoms with van der Waals surface area (Å²) >= 11 is 0. The number of rotatable bonds is 6. The molecule has 0 unspecified atom stereocenters. The second-order valence-electron chi connectivity index (χ2n) is 5.75. The summed E-state index contributed by atoms with van der Waals surface area (Å²) in [5, 5.41) is 3.40. The van der Waals surface area contributed by atoms with Crippen molar-refractivity contribution in [3.8, 4) is 11.4 Å². The molecule has 110 valence electrons. The van der Waals surface area contributed by atoms with Gasteiger partial charge < -0.3 is 5.32 Å². The van der Waals surface area contributed by atoms with E-state index in [0.717, 1.165) is 36.6 Å². The quantitative estimate of drug-likeness (QED) is 0.852. The molecule has 0 atom stereocenters. The van der Waals surface area contributed by atoms with Crippen molar-refractivity contribution >= 4 is 5.82 Å². The summed E-state index contributed by atoms with van der Waals surface area (Å²) < 4.78 is 0. The van der Waals surface area contributed by atoms with E-state index >= 15 is 0 Å². The second kappa shape index (κ2) is 6.25. The van der Waals surface area contributed by atoms with Crippen molar-refractivity contribution in [2.24, 2.45) is 0 Å². The fourth-order valence-corrected chi connectivity index (χ4v) is 2.42. The summed E-state index contributed by atoms with van der Waals surface area (Å²) in [6.07, 6.45) is 4.69. The lowest BCUT2D eigenvalue weighted by Gasteiger charge is -2.09. The Hall–Kier alpha value is -1.90. The minimum Gasteiger partial charge on any atom is -0.370 e. The van der Waals surface area contributed by atoms with Crippen LogP contribution in [-0.2, 0) is 6.42 Å². The molecule has 3 rings (SSSR count). The maximum absolute atomic E-state index is 4.78. The second-order valence-corrected chi connectivity index (χ2v) is 5.75. The molecule has 1 aliphatic rings. The van der Waals surface area contributed by atoms with Crippen molar-refractivity contribution in [3.05, 3.63) is 41.6 Å². The molecule has 0 bridgehead atoms. The number of nitrogens with zero attached hydrogens (tertiary/aromatic N) is 2. The van der Waals surface area contributed by atoms with E-state index in [0.29, 0.717) is 5.92 Å². The van der Waals surface area contributed by atoms with Crippen LogP contribution < -0.4 is 5.32 Å². The fraction of sp³-hybridized carbons (Fsp3) is 0.444. The molecule has 21 heavy (non-hydrogen) atoms. The first-order chi connectivity index (χ1) is 10.3. The largest absolute Gasteiger partial charge is 0.370 e. The Balaban J connectivity index is 1.93. The average molecular weight is 281 g/mol. The van der Waals surface area contributed by atoms with Crippen LogP contribution in [0.2, 0.25) is 0 Å². The average Bonchev–Trinajstić information content (AvgIpc) is 3.37. The van der Waals surface area contributed by atoms with Gasteiger partial charge in [-0.25, -0.2) is 9.97 Å². The van der Waals surface area contributed by atoms with E-state index in [9.17, 15) is 0 Å². The molecule has 0 spiro atoms. The minimum absolute atomic E-state index is 0.642. The molecule has 1 aromatic carbocycles. The summed E-state index contributed by atoms with van der Waals surface area (Å²) in [6, 6.07) is 10.7. The van der Waals surface area contributed by atoms with Gasteiger partial charge in [0.1, 0.15) is 5.82 Å². The molecule has 0 saturated heterocycles. The number of aryl methyl sites for hydroxylation is 1. The van der Waals surface area contributed by atoms with E-state index in [1.807, 2.05) is 0 Å². The molecule has 3 heteroatoms. The highest BCUT2D eigenvalue weighted by molar-refractivity contribution is 5.58. The molecule has 1 aromatic heterocycles. The van der Waals surface area contributed by atoms with Gasteiger partial charge in [-0.05, 0) is 31.2 Å². The van der Waals surface area contributed by atoms with Crippen LogP contribution in [-0.4, -0.2) is 16.5 Å². The molecule has 0 aliphatic heterocycles. The van der Waals surface area contributed by atoms with Crippen LogP contribution in [0.3, 0.4) is 0 Å². The molecule has 1 saturated carbocycles. The van der Waals surface area contributed by atoms with Gasteiger partial charge >= 0.3 is 0 Å². The number of aromatic nitrogens is 2. The van der Waals surface area contributed by atoms with Crippen molar-refractivity contribution in [2.45, 2.75) is 45.4 Å². The zero-order valence-electron chi connectivity index (χ0n) is 12.9. The van der Waals surface area contributed by atoms with E-state index in [-0.39, 0.29) is 0 Å². The van der Waals surface area contributed by atoms with Gasteiger partial charge in [0.05, 0.1) is 0 Å². The summed E-state index contributed by atoms with van der Waals surface area (Å²) in [7, 11) is 0. The molecule has 2 aromatic rings. The SMILES string of the molecule is CCCNc1cc(C2CC2)nc(-c2ccc(CC)cc2)n1. The molecule has 0 radical (unpaired) electrons. The molecule has 1 heterocycles. The lowest BCUT2D eigenvalue weighted by molar-refractivity contribution is 0.948. The van der Waals surface area contributed by atoms with Crippen molar-refractivity contribution in [1.82, 2.24) is 9.97 Å². The van der Waals surface area contributed by atoms with Crippen LogP contribution >= 0.6 is 0 Å². The van der Waals surface area contributed by atoms with Gasteiger partial charge in [-0.2, -0.15) is 0 Å². The summed E-state index contributed by atoms with van der Waals surface area (Å²) in [4.78, 5) is 9.46. The summed E-state index contributed by atoms with van der Waals surface area (Å²) in [6.45, 7) is 5.29. The molecule has 3 nitrogen and oxygen atoms in total. The maximum atomic E-state index is 4.78. The standard InChI is InChI=1S/C18H23N3/c1-3-11-19-17-12-16(14-9-10-14)20-18(21-17)15-7-5-13(4-2)6-8-15/h5-8,12,14H,3-4,9-11H2,1-2H3,(H,19,20,21). The van der Waals surface area contributed by atoms with E-state index in [1.165, 1.54) is 24.1 Å². The highest BCUT2D eigenvalue weighted by Crippen LogP contribution is 2.40. The van der Waals surface area contributed by atoms with Crippen LogP contribution in [0.5, 0.6) is 0 Å². The van der Waals surface area contributed by atoms with Crippen LogP contribution in [0.4, 0.5) is 5.82 Å². The van der Waals surface area contributed by atoms with Crippen LogP contribution in [0.25, 0.3) is 11.4 Å². The van der Waals surface area contributed by atoms with Crippen LogP contribution in [0.1, 0.15) is 50.3 Å². The van der Waals surface area contributed by atoms with Crippen LogP contribution in [0, 0.1) is 0 Å². The molecule has 1 fully saturated rings. The third kappa shape index (κ3) is 3.41. The highest BCUT2D eigenvalue weighted by atomic mass is 15.0. The van der Waals surface area contributed by atoms with E-state index in [1.54, 1.807) is 0 Å². The van der Waals surface area contributed by atoms with E-state index < -0.39 is 0 Å². The van der Waals surface area contributed by atoms with Gasteiger partial charge in [-0.3, -0.25) is 0 Å². The number of anilines is 1. The smallest absolute Gasteiger partial charge is 0.161 e. The third-order valence-corrected chi connectivity index (χ3v) is 3.92. The van der Waals surface area contributed by atoms with Gasteiger partial charge in [-0.15, -0.1) is 0 Å². The minimum atomic E-state index is 0.642. The number of nitrogens with one attached hydrogen (secondary N) is 1. The van der Waals surface area contributed by atoms with Crippen molar-refractivity contribution in [1.29, 1.82) is 0 Å². The molecule has 0 amide bonds. The molecule has 1 N–H and O–H groups in total. The van der Waals surface area contributed by atoms with Gasteiger partial charge in [0.2, 0.25) is 0 Å². The lowest BCUT2D eigenvalue weighted by atomic mass is 10.1. The number of hydrogen-bond donors (Lipinski definition) is 1. The van der Waals surface area contributed by atoms with Crippen molar-refractivity contribution < 1.29 is 0 Å². The van der Waals surface area contributed by atoms with Crippen LogP contribution in [0.15, 0.2) is 30.3 Å². The third-order valence-electron chi connectivity index (χ3n) is 3.92. The monoisotopic (exact) mass is 281 g/mol. The zero-order chi connectivity index (χ0) is 14.7. The highest BCUT2D eigenvalue weighted by Gasteiger charge is 2.26. The topological polar surface area (TPSA) is 37.8 Å². The van der Waals surface area contributed by atoms with Gasteiger partial charge in [0.15, 0.2) is 5.82 Å². The first-order valence-electron chi connectivity index (χ1n) is 8.02. The predicted molar refractivity (Wildman–Crippen MR) is 87.6 cm³/mol. The molecular weight excluding hydrogens is 258 g/mol. The van der Waals surface area contributed by atoms with Crippen molar-refractivity contribution in [2.75, 3.05) is 11.9 Å². The zero-order valence-corrected chi connectivity index (χ0v) is 12.9. The predicted octanol–water partition coefficient (Wildman–Crippen LogP) is 4.41. The van der Waals surface area contributed by atoms with Gasteiger partial charge in [0, 0.05) is 29.8 Å². The number of benzene rings is 1. The fourth-order valence-electron chi connectivity index (χ4n) is 2.42. The van der Waals surface area contributed by atoms with E-state index in [2.05, 4.69) is 54.5 Å². The van der Waals surface area contributed by atoms with Gasteiger partial charge in [-0.1, -0.05) is 38.1 Å².